The quantitative estimate of drug-likeness (QED) is 0.244. The molecule has 2 atom stereocenters. The minimum atomic E-state index is -1.10. The molecule has 0 aliphatic carbocycles. The van der Waals surface area contributed by atoms with E-state index in [-0.39, 0.29) is 10.7 Å². The van der Waals surface area contributed by atoms with Crippen LogP contribution < -0.4 is 25.6 Å². The number of benzene rings is 3. The summed E-state index contributed by atoms with van der Waals surface area (Å²) in [5.74, 6) is 0.136. The van der Waals surface area contributed by atoms with Gasteiger partial charge in [0.2, 0.25) is 5.69 Å². The highest BCUT2D eigenvalue weighted by Crippen LogP contribution is 2.33. The third-order valence-electron chi connectivity index (χ3n) is 5.54. The molecule has 3 aromatic carbocycles. The van der Waals surface area contributed by atoms with E-state index >= 15 is 0 Å². The second-order valence-electron chi connectivity index (χ2n) is 8.15. The first kappa shape index (κ1) is 27.3. The normalized spacial score (nSPS) is 12.0. The van der Waals surface area contributed by atoms with Gasteiger partial charge in [0, 0.05) is 11.3 Å². The molecular weight excluding hydrogens is 496 g/mol. The van der Waals surface area contributed by atoms with Gasteiger partial charge in [0.1, 0.15) is 24.1 Å². The number of hydrogen-bond donors (Lipinski definition) is 4. The minimum Gasteiger partial charge on any atom is -0.497 e. The van der Waals surface area contributed by atoms with Gasteiger partial charge in [-0.1, -0.05) is 29.8 Å². The zero-order valence-electron chi connectivity index (χ0n) is 20.5. The van der Waals surface area contributed by atoms with Gasteiger partial charge in [-0.3, -0.25) is 20.4 Å². The van der Waals surface area contributed by atoms with E-state index in [0.717, 1.165) is 11.3 Å². The topological polar surface area (TPSA) is 113 Å². The molecule has 2 amide bonds. The average Bonchev–Trinajstić information content (AvgIpc) is 2.91. The van der Waals surface area contributed by atoms with Crippen LogP contribution >= 0.6 is 11.6 Å². The van der Waals surface area contributed by atoms with Crippen molar-refractivity contribution in [2.24, 2.45) is 0 Å². The predicted molar refractivity (Wildman–Crippen MR) is 141 cm³/mol. The van der Waals surface area contributed by atoms with Crippen molar-refractivity contribution >= 4 is 34.8 Å². The van der Waals surface area contributed by atoms with Crippen molar-refractivity contribution < 1.29 is 24.2 Å². The largest absolute Gasteiger partial charge is 0.497 e. The lowest BCUT2D eigenvalue weighted by Gasteiger charge is -2.23. The maximum Gasteiger partial charge on any atom is 0.269 e. The molecule has 0 aromatic heterocycles. The van der Waals surface area contributed by atoms with E-state index in [2.05, 4.69) is 21.0 Å². The third-order valence-corrected chi connectivity index (χ3v) is 6.02. The molecule has 10 heteroatoms. The number of amides is 2. The van der Waals surface area contributed by atoms with Crippen LogP contribution in [0.1, 0.15) is 28.4 Å². The predicted octanol–water partition coefficient (Wildman–Crippen LogP) is 4.41. The molecule has 0 aliphatic heterocycles. The molecule has 0 saturated heterocycles. The fourth-order valence-electron chi connectivity index (χ4n) is 3.35. The number of halogens is 1. The van der Waals surface area contributed by atoms with Crippen LogP contribution in [0.5, 0.6) is 11.5 Å². The van der Waals surface area contributed by atoms with Crippen molar-refractivity contribution in [3.63, 3.8) is 0 Å². The number of carbonyl (C=O) groups excluding carboxylic acids is 2. The Labute approximate surface area is 220 Å². The highest BCUT2D eigenvalue weighted by Gasteiger charge is 2.25. The van der Waals surface area contributed by atoms with E-state index in [1.165, 1.54) is 13.0 Å². The lowest BCUT2D eigenvalue weighted by Crippen LogP contribution is -2.52. The molecule has 0 unspecified atom stereocenters. The maximum absolute atomic E-state index is 12.7. The Hall–Kier alpha value is -4.26. The standard InChI is InChI=1S/C27H27ClN4O5/c1-16-22(13-14-23(29-3)24(16)28)30-25(17(2)33)27(35)32-31-26(34)19-7-11-21(12-8-19)37-15-18-5-9-20(36-4)10-6-18/h5-14,17,25,30,33H,15H2,1-2,4H3,(H,31,34)(H,32,35)/t17-,25+/m0/s1. The van der Waals surface area contributed by atoms with Gasteiger partial charge < -0.3 is 19.9 Å². The highest BCUT2D eigenvalue weighted by molar-refractivity contribution is 6.34. The highest BCUT2D eigenvalue weighted by atomic mass is 35.5. The zero-order valence-corrected chi connectivity index (χ0v) is 21.3. The van der Waals surface area contributed by atoms with Gasteiger partial charge in [0.15, 0.2) is 0 Å². The number of rotatable bonds is 9. The van der Waals surface area contributed by atoms with Gasteiger partial charge in [-0.25, -0.2) is 4.85 Å². The summed E-state index contributed by atoms with van der Waals surface area (Å²) in [6.45, 7) is 10.6. The Balaban J connectivity index is 1.55. The Morgan fingerprint density at radius 2 is 1.68 bits per heavy atom. The number of hydrogen-bond acceptors (Lipinski definition) is 6. The molecule has 0 radical (unpaired) electrons. The first-order valence-corrected chi connectivity index (χ1v) is 11.7. The summed E-state index contributed by atoms with van der Waals surface area (Å²) in [6.07, 6.45) is -1.10. The van der Waals surface area contributed by atoms with E-state index in [4.69, 9.17) is 27.6 Å². The molecule has 0 heterocycles. The van der Waals surface area contributed by atoms with Gasteiger partial charge in [-0.2, -0.15) is 0 Å². The SMILES string of the molecule is [C-]#[N+]c1ccc(N[C@@H](C(=O)NNC(=O)c2ccc(OCc3ccc(OC)cc3)cc2)[C@H](C)O)c(C)c1Cl. The molecule has 0 aliphatic rings. The summed E-state index contributed by atoms with van der Waals surface area (Å²) in [6, 6.07) is 16.0. The second-order valence-corrected chi connectivity index (χ2v) is 8.53. The number of nitrogens with one attached hydrogen (secondary N) is 3. The van der Waals surface area contributed by atoms with E-state index in [1.54, 1.807) is 44.4 Å². The number of aliphatic hydroxyl groups excluding tert-OH is 1. The minimum absolute atomic E-state index is 0.259. The van der Waals surface area contributed by atoms with Gasteiger partial charge in [0.05, 0.1) is 24.8 Å². The Kier molecular flexibility index (Phi) is 9.33. The molecule has 4 N–H and O–H groups in total. The van der Waals surface area contributed by atoms with Crippen LogP contribution in [0.4, 0.5) is 11.4 Å². The molecule has 9 nitrogen and oxygen atoms in total. The van der Waals surface area contributed by atoms with Crippen molar-refractivity contribution in [2.45, 2.75) is 32.6 Å². The van der Waals surface area contributed by atoms with Crippen molar-refractivity contribution in [2.75, 3.05) is 12.4 Å². The van der Waals surface area contributed by atoms with Crippen LogP contribution in [-0.2, 0) is 11.4 Å². The number of aliphatic hydroxyl groups is 1. The fraction of sp³-hybridized carbons (Fsp3) is 0.222. The fourth-order valence-corrected chi connectivity index (χ4v) is 3.55. The maximum atomic E-state index is 12.7. The Bertz CT molecular complexity index is 1290. The molecule has 37 heavy (non-hydrogen) atoms. The zero-order chi connectivity index (χ0) is 26.9. The number of carbonyl (C=O) groups is 2. The van der Waals surface area contributed by atoms with Crippen molar-refractivity contribution in [3.05, 3.63) is 93.8 Å². The lowest BCUT2D eigenvalue weighted by molar-refractivity contribution is -0.124. The first-order valence-electron chi connectivity index (χ1n) is 11.3. The number of ether oxygens (including phenoxy) is 2. The summed E-state index contributed by atoms with van der Waals surface area (Å²) < 4.78 is 10.9. The van der Waals surface area contributed by atoms with Gasteiger partial charge >= 0.3 is 0 Å². The lowest BCUT2D eigenvalue weighted by atomic mass is 10.1. The monoisotopic (exact) mass is 522 g/mol. The third kappa shape index (κ3) is 7.13. The summed E-state index contributed by atoms with van der Waals surface area (Å²) in [5, 5.41) is 13.3. The second kappa shape index (κ2) is 12.6. The van der Waals surface area contributed by atoms with Crippen LogP contribution in [-0.4, -0.2) is 36.2 Å². The van der Waals surface area contributed by atoms with Gasteiger partial charge in [-0.05, 0) is 67.4 Å². The van der Waals surface area contributed by atoms with E-state index in [9.17, 15) is 14.7 Å². The average molecular weight is 523 g/mol. The van der Waals surface area contributed by atoms with Crippen LogP contribution in [0.25, 0.3) is 4.85 Å². The molecule has 0 spiro atoms. The number of nitrogens with zero attached hydrogens (tertiary/aromatic N) is 1. The molecule has 192 valence electrons. The van der Waals surface area contributed by atoms with Crippen LogP contribution in [0.2, 0.25) is 5.02 Å². The summed E-state index contributed by atoms with van der Waals surface area (Å²) in [5.41, 5.74) is 7.26. The Morgan fingerprint density at radius 3 is 2.27 bits per heavy atom. The van der Waals surface area contributed by atoms with Crippen molar-refractivity contribution in [1.29, 1.82) is 0 Å². The Morgan fingerprint density at radius 1 is 1.03 bits per heavy atom. The summed E-state index contributed by atoms with van der Waals surface area (Å²) in [4.78, 5) is 28.6. The molecule has 3 aromatic rings. The van der Waals surface area contributed by atoms with Crippen molar-refractivity contribution in [3.8, 4) is 11.5 Å². The molecule has 0 fully saturated rings. The smallest absolute Gasteiger partial charge is 0.269 e. The number of methoxy groups -OCH3 is 1. The van der Waals surface area contributed by atoms with Gasteiger partial charge in [-0.15, -0.1) is 0 Å². The molecular formula is C27H27ClN4O5. The molecule has 0 bridgehead atoms. The number of hydrazine groups is 1. The van der Waals surface area contributed by atoms with Crippen LogP contribution in [0.3, 0.4) is 0 Å². The summed E-state index contributed by atoms with van der Waals surface area (Å²) >= 11 is 6.20. The van der Waals surface area contributed by atoms with Gasteiger partial charge in [0.25, 0.3) is 11.8 Å². The van der Waals surface area contributed by atoms with E-state index < -0.39 is 24.0 Å². The number of anilines is 1. The molecule has 3 rings (SSSR count). The van der Waals surface area contributed by atoms with E-state index in [0.29, 0.717) is 29.2 Å². The molecule has 0 saturated carbocycles. The van der Waals surface area contributed by atoms with E-state index in [1.807, 2.05) is 24.3 Å². The first-order chi connectivity index (χ1) is 17.7. The van der Waals surface area contributed by atoms with Crippen LogP contribution in [0, 0.1) is 13.5 Å². The summed E-state index contributed by atoms with van der Waals surface area (Å²) in [7, 11) is 1.60. The van der Waals surface area contributed by atoms with Crippen molar-refractivity contribution in [1.82, 2.24) is 10.9 Å². The van der Waals surface area contributed by atoms with Crippen LogP contribution in [0.15, 0.2) is 60.7 Å².